The van der Waals surface area contributed by atoms with Gasteiger partial charge in [0, 0.05) is 29.5 Å². The second-order valence-corrected chi connectivity index (χ2v) is 11.1. The molecule has 10 heteroatoms. The molecule has 2 unspecified atom stereocenters. The summed E-state index contributed by atoms with van der Waals surface area (Å²) in [6, 6.07) is 12.5. The van der Waals surface area contributed by atoms with Crippen molar-refractivity contribution in [1.29, 1.82) is 0 Å². The summed E-state index contributed by atoms with van der Waals surface area (Å²) in [7, 11) is 0. The number of hydrogen-bond donors (Lipinski definition) is 0. The molecule has 120 valence electrons. The third-order valence-electron chi connectivity index (χ3n) is 1.81. The van der Waals surface area contributed by atoms with Crippen molar-refractivity contribution in [1.82, 2.24) is 0 Å². The molecule has 0 N–H and O–H groups in total. The van der Waals surface area contributed by atoms with E-state index in [2.05, 4.69) is 6.07 Å². The van der Waals surface area contributed by atoms with E-state index in [9.17, 15) is 4.79 Å². The van der Waals surface area contributed by atoms with Crippen LogP contribution in [0.3, 0.4) is 0 Å². The summed E-state index contributed by atoms with van der Waals surface area (Å²) in [4.78, 5) is 10.4. The Balaban J connectivity index is 0.000000297. The van der Waals surface area contributed by atoms with Crippen LogP contribution in [0.1, 0.15) is 0 Å². The zero-order chi connectivity index (χ0) is 15.7. The Morgan fingerprint density at radius 1 is 0.955 bits per heavy atom. The Kier molecular flexibility index (Phi) is 15.1. The molecule has 2 heterocycles. The summed E-state index contributed by atoms with van der Waals surface area (Å²) in [5.41, 5.74) is 0. The van der Waals surface area contributed by atoms with Gasteiger partial charge in [0.2, 0.25) is 0 Å². The van der Waals surface area contributed by atoms with Crippen molar-refractivity contribution < 1.29 is 0 Å². The molecule has 2 atom stereocenters. The Morgan fingerprint density at radius 3 is 1.55 bits per heavy atom. The van der Waals surface area contributed by atoms with Crippen LogP contribution in [-0.2, 0) is 50.5 Å². The summed E-state index contributed by atoms with van der Waals surface area (Å²) >= 11 is 25.0. The summed E-state index contributed by atoms with van der Waals surface area (Å²) in [6.07, 6.45) is 0. The second kappa shape index (κ2) is 14.0. The molecule has 3 rings (SSSR count). The van der Waals surface area contributed by atoms with Crippen molar-refractivity contribution in [2.75, 3.05) is 5.08 Å². The molecule has 1 aromatic heterocycles. The van der Waals surface area contributed by atoms with Crippen LogP contribution in [0.4, 0.5) is 0 Å². The largest absolute Gasteiger partial charge is 0.779 e. The molecule has 1 aromatic carbocycles. The van der Waals surface area contributed by atoms with E-state index in [0.717, 1.165) is 27.8 Å². The summed E-state index contributed by atoms with van der Waals surface area (Å²) in [5, 5.41) is 1.10. The maximum atomic E-state index is 10.4. The van der Waals surface area contributed by atoms with E-state index in [4.69, 9.17) is 50.5 Å². The Morgan fingerprint density at radius 2 is 1.41 bits per heavy atom. The molecule has 22 heavy (non-hydrogen) atoms. The normalized spacial score (nSPS) is 19.0. The van der Waals surface area contributed by atoms with Crippen LogP contribution in [0.5, 0.6) is 0 Å². The molecule has 0 bridgehead atoms. The fourth-order valence-electron chi connectivity index (χ4n) is 0.928. The van der Waals surface area contributed by atoms with Gasteiger partial charge in [-0.25, -0.2) is 0 Å². The maximum Gasteiger partial charge on any atom is 0.101 e. The molecule has 1 aliphatic heterocycles. The van der Waals surface area contributed by atoms with E-state index in [1.807, 2.05) is 30.3 Å². The maximum absolute atomic E-state index is 10.4. The first-order chi connectivity index (χ1) is 10.0. The zero-order valence-corrected chi connectivity index (χ0v) is 20.0. The van der Waals surface area contributed by atoms with Gasteiger partial charge in [0.15, 0.2) is 0 Å². The van der Waals surface area contributed by atoms with Crippen LogP contribution >= 0.6 is 46.2 Å². The number of thioether (sulfide) groups is 2. The average molecular weight is 547 g/mol. The molecular weight excluding hydrogens is 538 g/mol. The Labute approximate surface area is 186 Å². The Bertz CT molecular complexity index is 501. The Hall–Kier alpha value is 1.73. The van der Waals surface area contributed by atoms with Crippen LogP contribution in [-0.4, -0.2) is 38.7 Å². The number of benzene rings is 1. The van der Waals surface area contributed by atoms with Gasteiger partial charge in [-0.05, 0) is 6.07 Å². The predicted octanol–water partition coefficient (Wildman–Crippen LogP) is 3.26. The van der Waals surface area contributed by atoms with Gasteiger partial charge in [-0.3, -0.25) is 0 Å². The predicted molar refractivity (Wildman–Crippen MR) is 113 cm³/mol. The number of rotatable bonds is 0. The van der Waals surface area contributed by atoms with Gasteiger partial charge in [0.25, 0.3) is 0 Å². The smallest absolute Gasteiger partial charge is 0.101 e. The van der Waals surface area contributed by atoms with E-state index in [1.54, 1.807) is 23.5 Å². The summed E-state index contributed by atoms with van der Waals surface area (Å²) in [6.45, 7) is 0. The van der Waals surface area contributed by atoms with Crippen molar-refractivity contribution in [2.45, 2.75) is 17.6 Å². The quantitative estimate of drug-likeness (QED) is 0.368. The molecule has 2 aromatic rings. The topological polar surface area (TPSA) is 17.1 Å². The van der Waals surface area contributed by atoms with Crippen LogP contribution in [0, 0.1) is 6.07 Å². The van der Waals surface area contributed by atoms with Crippen molar-refractivity contribution in [3.63, 3.8) is 0 Å². The van der Waals surface area contributed by atoms with Crippen molar-refractivity contribution in [3.8, 4) is 0 Å². The van der Waals surface area contributed by atoms with Crippen molar-refractivity contribution in [3.05, 3.63) is 45.2 Å². The molecule has 0 amide bonds. The van der Waals surface area contributed by atoms with Crippen LogP contribution in [0.15, 0.2) is 43.5 Å². The van der Waals surface area contributed by atoms with E-state index >= 15 is 0 Å². The molecule has 1 nitrogen and oxygen atoms in total. The van der Waals surface area contributed by atoms with Crippen LogP contribution in [0.2, 0.25) is 0 Å². The minimum atomic E-state index is 0. The van der Waals surface area contributed by atoms with Gasteiger partial charge in [0.05, 0.1) is 0 Å². The van der Waals surface area contributed by atoms with Gasteiger partial charge in [-0.2, -0.15) is 23.5 Å². The first kappa shape index (κ1) is 23.7. The fraction of sp³-hybridized carbons (Fsp3) is 0.250. The van der Waals surface area contributed by atoms with E-state index < -0.39 is 0 Å². The summed E-state index contributed by atoms with van der Waals surface area (Å²) in [5.74, 6) is 0. The third kappa shape index (κ3) is 10.6. The van der Waals surface area contributed by atoms with E-state index in [-0.39, 0.29) is 28.5 Å². The molecular formula is C12H9OS8Sb-4. The van der Waals surface area contributed by atoms with Crippen LogP contribution in [0.25, 0.3) is 0 Å². The first-order valence-electron chi connectivity index (χ1n) is 5.44. The monoisotopic (exact) mass is 546 g/mol. The van der Waals surface area contributed by atoms with Gasteiger partial charge < -0.3 is 78.0 Å². The average Bonchev–Trinajstić information content (AvgIpc) is 2.99. The third-order valence-corrected chi connectivity index (χ3v) is 9.19. The molecule has 0 saturated carbocycles. The minimum absolute atomic E-state index is 0. The molecule has 1 fully saturated rings. The minimum Gasteiger partial charge on any atom is -0.779 e. The van der Waals surface area contributed by atoms with E-state index in [1.165, 1.54) is 0 Å². The molecule has 1 aliphatic rings. The van der Waals surface area contributed by atoms with Crippen LogP contribution < -0.4 is 4.06 Å². The standard InChI is InChI=1S/C6H5.C3H2OS4.C3H6S4.Sb/c1-2-4-6-5-3-1;4-3-7-1(5)2(6)8-3;4-2-3(5)7-1-6-2;/h1-5H;5-6H;2-5H,1H2;/p-4. The number of hydrogen-bond acceptors (Lipinski definition) is 9. The second-order valence-electron chi connectivity index (χ2n) is 3.29. The van der Waals surface area contributed by atoms with Gasteiger partial charge in [-0.1, -0.05) is 30.3 Å². The summed E-state index contributed by atoms with van der Waals surface area (Å²) < 4.78 is 1.69. The molecule has 4 radical (unpaired) electrons. The van der Waals surface area contributed by atoms with Gasteiger partial charge in [0.1, 0.15) is 4.06 Å². The SMILES string of the molecule is O=c1sc([S-])c([S-])s1.[S-]C1SCSC1[S-].[Sb].[c]1ccccc1. The van der Waals surface area contributed by atoms with E-state index in [0.29, 0.717) is 17.6 Å². The van der Waals surface area contributed by atoms with Gasteiger partial charge >= 0.3 is 0 Å². The molecule has 0 spiro atoms. The fourth-order valence-corrected chi connectivity index (χ4v) is 6.98. The van der Waals surface area contributed by atoms with Gasteiger partial charge in [-0.15, -0.1) is 17.6 Å². The van der Waals surface area contributed by atoms with Crippen molar-refractivity contribution in [2.24, 2.45) is 0 Å². The molecule has 0 aliphatic carbocycles. The zero-order valence-electron chi connectivity index (χ0n) is 10.9. The molecule has 1 saturated heterocycles. The van der Waals surface area contributed by atoms with Crippen molar-refractivity contribution >= 4 is 121 Å². The first-order valence-corrected chi connectivity index (χ1v) is 10.9.